The monoisotopic (exact) mass is 320 g/mol. The van der Waals surface area contributed by atoms with Crippen LogP contribution in [0.2, 0.25) is 0 Å². The third-order valence-electron chi connectivity index (χ3n) is 3.59. The number of rotatable bonds is 10. The van der Waals surface area contributed by atoms with Crippen molar-refractivity contribution in [3.8, 4) is 5.75 Å². The molecule has 1 atom stereocenters. The molecule has 5 heteroatoms. The molecular formula is C18H24O5. The quantitative estimate of drug-likeness (QED) is 0.286. The zero-order valence-corrected chi connectivity index (χ0v) is 14.0. The van der Waals surface area contributed by atoms with E-state index in [0.717, 1.165) is 0 Å². The van der Waals surface area contributed by atoms with Crippen molar-refractivity contribution in [2.75, 3.05) is 13.7 Å². The minimum absolute atomic E-state index is 0.158. The number of benzene rings is 1. The normalized spacial score (nSPS) is 11.6. The molecule has 5 nitrogen and oxygen atoms in total. The fourth-order valence-corrected chi connectivity index (χ4v) is 2.35. The lowest BCUT2D eigenvalue weighted by Gasteiger charge is -2.13. The van der Waals surface area contributed by atoms with Crippen molar-refractivity contribution in [2.24, 2.45) is 5.92 Å². The first-order valence-corrected chi connectivity index (χ1v) is 7.84. The Bertz CT molecular complexity index is 550. The summed E-state index contributed by atoms with van der Waals surface area (Å²) in [4.78, 5) is 35.6. The summed E-state index contributed by atoms with van der Waals surface area (Å²) in [5, 5.41) is 0. The molecule has 0 N–H and O–H groups in total. The first kappa shape index (κ1) is 18.9. The summed E-state index contributed by atoms with van der Waals surface area (Å²) in [7, 11) is 1.53. The molecule has 0 amide bonds. The maximum absolute atomic E-state index is 12.5. The first-order chi connectivity index (χ1) is 11.0. The highest BCUT2D eigenvalue weighted by Crippen LogP contribution is 2.20. The lowest BCUT2D eigenvalue weighted by Crippen LogP contribution is -2.22. The van der Waals surface area contributed by atoms with E-state index in [1.54, 1.807) is 31.2 Å². The molecule has 23 heavy (non-hydrogen) atoms. The summed E-state index contributed by atoms with van der Waals surface area (Å²) in [6.07, 6.45) is 1.98. The molecule has 0 radical (unpaired) electrons. The highest BCUT2D eigenvalue weighted by atomic mass is 16.5. The van der Waals surface area contributed by atoms with Crippen LogP contribution in [0.25, 0.3) is 0 Å². The van der Waals surface area contributed by atoms with Gasteiger partial charge >= 0.3 is 5.97 Å². The number of unbranched alkanes of at least 4 members (excludes halogenated alkanes) is 1. The second kappa shape index (κ2) is 9.77. The minimum Gasteiger partial charge on any atom is -0.497 e. The Morgan fingerprint density at radius 1 is 1.17 bits per heavy atom. The van der Waals surface area contributed by atoms with Gasteiger partial charge in [-0.2, -0.15) is 0 Å². The molecule has 0 aliphatic carbocycles. The van der Waals surface area contributed by atoms with Crippen LogP contribution in [0.5, 0.6) is 5.75 Å². The third-order valence-corrected chi connectivity index (χ3v) is 3.59. The van der Waals surface area contributed by atoms with Gasteiger partial charge < -0.3 is 9.47 Å². The molecular weight excluding hydrogens is 296 g/mol. The largest absolute Gasteiger partial charge is 0.497 e. The zero-order chi connectivity index (χ0) is 17.2. The molecule has 0 aliphatic rings. The van der Waals surface area contributed by atoms with Gasteiger partial charge in [0.2, 0.25) is 0 Å². The van der Waals surface area contributed by atoms with E-state index in [4.69, 9.17) is 9.47 Å². The number of ether oxygens (including phenoxy) is 2. The van der Waals surface area contributed by atoms with Gasteiger partial charge in [-0.15, -0.1) is 0 Å². The van der Waals surface area contributed by atoms with E-state index in [9.17, 15) is 14.4 Å². The van der Waals surface area contributed by atoms with E-state index in [1.807, 2.05) is 0 Å². The molecule has 0 saturated carbocycles. The number of ketones is 2. The van der Waals surface area contributed by atoms with Crippen LogP contribution >= 0.6 is 0 Å². The Labute approximate surface area is 137 Å². The SMILES string of the molecule is CCOC(=O)CCCCC(C(C)=O)C(=O)c1cccc(OC)c1. The fraction of sp³-hybridized carbons (Fsp3) is 0.500. The second-order valence-corrected chi connectivity index (χ2v) is 5.31. The average molecular weight is 320 g/mol. The number of carbonyl (C=O) groups excluding carboxylic acids is 3. The highest BCUT2D eigenvalue weighted by molar-refractivity contribution is 6.10. The molecule has 1 unspecified atom stereocenters. The van der Waals surface area contributed by atoms with E-state index in [1.165, 1.54) is 14.0 Å². The molecule has 0 aromatic heterocycles. The molecule has 1 aromatic carbocycles. The molecule has 0 saturated heterocycles. The van der Waals surface area contributed by atoms with Crippen LogP contribution in [-0.4, -0.2) is 31.3 Å². The summed E-state index contributed by atoms with van der Waals surface area (Å²) in [6, 6.07) is 6.79. The van der Waals surface area contributed by atoms with Crippen LogP contribution < -0.4 is 4.74 Å². The summed E-state index contributed by atoms with van der Waals surface area (Å²) < 4.78 is 9.96. The van der Waals surface area contributed by atoms with Crippen LogP contribution in [0.4, 0.5) is 0 Å². The van der Waals surface area contributed by atoms with E-state index in [0.29, 0.717) is 43.6 Å². The van der Waals surface area contributed by atoms with E-state index >= 15 is 0 Å². The maximum Gasteiger partial charge on any atom is 0.305 e. The molecule has 0 bridgehead atoms. The van der Waals surface area contributed by atoms with Crippen molar-refractivity contribution >= 4 is 17.5 Å². The van der Waals surface area contributed by atoms with Gasteiger partial charge in [0.25, 0.3) is 0 Å². The van der Waals surface area contributed by atoms with Gasteiger partial charge in [-0.1, -0.05) is 18.6 Å². The van der Waals surface area contributed by atoms with E-state index in [-0.39, 0.29) is 17.5 Å². The van der Waals surface area contributed by atoms with Crippen LogP contribution in [0, 0.1) is 5.92 Å². The van der Waals surface area contributed by atoms with Crippen LogP contribution in [0.3, 0.4) is 0 Å². The van der Waals surface area contributed by atoms with Gasteiger partial charge in [-0.3, -0.25) is 14.4 Å². The molecule has 0 spiro atoms. The number of methoxy groups -OCH3 is 1. The molecule has 126 valence electrons. The Kier molecular flexibility index (Phi) is 8.02. The number of esters is 1. The van der Waals surface area contributed by atoms with Crippen molar-refractivity contribution in [3.05, 3.63) is 29.8 Å². The van der Waals surface area contributed by atoms with E-state index < -0.39 is 5.92 Å². The number of hydrogen-bond acceptors (Lipinski definition) is 5. The summed E-state index contributed by atoms with van der Waals surface area (Å²) in [5.74, 6) is -0.697. The molecule has 1 rings (SSSR count). The van der Waals surface area contributed by atoms with Crippen molar-refractivity contribution in [3.63, 3.8) is 0 Å². The Hall–Kier alpha value is -2.17. The highest BCUT2D eigenvalue weighted by Gasteiger charge is 2.24. The minimum atomic E-state index is -0.677. The smallest absolute Gasteiger partial charge is 0.305 e. The summed E-state index contributed by atoms with van der Waals surface area (Å²) >= 11 is 0. The lowest BCUT2D eigenvalue weighted by atomic mass is 9.89. The fourth-order valence-electron chi connectivity index (χ4n) is 2.35. The first-order valence-electron chi connectivity index (χ1n) is 7.84. The molecule has 0 heterocycles. The number of carbonyl (C=O) groups is 3. The second-order valence-electron chi connectivity index (χ2n) is 5.31. The molecule has 0 fully saturated rings. The molecule has 0 aliphatic heterocycles. The van der Waals surface area contributed by atoms with Gasteiger partial charge in [0, 0.05) is 12.0 Å². The van der Waals surface area contributed by atoms with Crippen LogP contribution in [0.15, 0.2) is 24.3 Å². The number of Topliss-reactive ketones (excluding diaryl/α,β-unsaturated/α-hetero) is 2. The Morgan fingerprint density at radius 2 is 1.91 bits per heavy atom. The lowest BCUT2D eigenvalue weighted by molar-refractivity contribution is -0.143. The van der Waals surface area contributed by atoms with Gasteiger partial charge in [-0.05, 0) is 38.8 Å². The maximum atomic E-state index is 12.5. The van der Waals surface area contributed by atoms with Gasteiger partial charge in [0.1, 0.15) is 11.5 Å². The zero-order valence-electron chi connectivity index (χ0n) is 14.0. The topological polar surface area (TPSA) is 69.7 Å². The van der Waals surface area contributed by atoms with Crippen LogP contribution in [0.1, 0.15) is 49.9 Å². The molecule has 1 aromatic rings. The van der Waals surface area contributed by atoms with Crippen molar-refractivity contribution < 1.29 is 23.9 Å². The predicted octanol–water partition coefficient (Wildman–Crippen LogP) is 3.21. The van der Waals surface area contributed by atoms with Crippen molar-refractivity contribution in [2.45, 2.75) is 39.5 Å². The Morgan fingerprint density at radius 3 is 2.52 bits per heavy atom. The van der Waals surface area contributed by atoms with Crippen molar-refractivity contribution in [1.29, 1.82) is 0 Å². The van der Waals surface area contributed by atoms with Gasteiger partial charge in [0.15, 0.2) is 5.78 Å². The summed E-state index contributed by atoms with van der Waals surface area (Å²) in [5.41, 5.74) is 0.468. The van der Waals surface area contributed by atoms with Gasteiger partial charge in [-0.25, -0.2) is 0 Å². The predicted molar refractivity (Wildman–Crippen MR) is 86.6 cm³/mol. The number of hydrogen-bond donors (Lipinski definition) is 0. The average Bonchev–Trinajstić information content (AvgIpc) is 2.54. The van der Waals surface area contributed by atoms with Crippen LogP contribution in [-0.2, 0) is 14.3 Å². The van der Waals surface area contributed by atoms with Gasteiger partial charge in [0.05, 0.1) is 19.6 Å². The standard InChI is InChI=1S/C18H24O5/c1-4-23-17(20)11-6-5-10-16(13(2)19)18(21)14-8-7-9-15(12-14)22-3/h7-9,12,16H,4-6,10-11H2,1-3H3. The summed E-state index contributed by atoms with van der Waals surface area (Å²) in [6.45, 7) is 3.55. The Balaban J connectivity index is 2.61. The third kappa shape index (κ3) is 6.22. The van der Waals surface area contributed by atoms with Crippen molar-refractivity contribution in [1.82, 2.24) is 0 Å². The van der Waals surface area contributed by atoms with E-state index in [2.05, 4.69) is 0 Å².